The van der Waals surface area contributed by atoms with Gasteiger partial charge in [-0.25, -0.2) is 0 Å². The highest BCUT2D eigenvalue weighted by Gasteiger charge is 2.13. The number of aromatic nitrogens is 2. The summed E-state index contributed by atoms with van der Waals surface area (Å²) in [5.74, 6) is -2.43. The first-order chi connectivity index (χ1) is 5.11. The van der Waals surface area contributed by atoms with Gasteiger partial charge >= 0.3 is 0 Å². The molecule has 62 valence electrons. The number of nitrogens with two attached hydrogens (primary N) is 1. The van der Waals surface area contributed by atoms with E-state index in [2.05, 4.69) is 10.2 Å². The SMILES string of the molecule is Nc1[nH]nc(SC(F)F)c1Cl. The van der Waals surface area contributed by atoms with E-state index >= 15 is 0 Å². The number of anilines is 1. The molecule has 0 radical (unpaired) electrons. The fourth-order valence-electron chi connectivity index (χ4n) is 0.487. The van der Waals surface area contributed by atoms with Crippen LogP contribution in [0.1, 0.15) is 0 Å². The van der Waals surface area contributed by atoms with Crippen molar-refractivity contribution in [2.24, 2.45) is 0 Å². The molecule has 0 bridgehead atoms. The quantitative estimate of drug-likeness (QED) is 0.716. The van der Waals surface area contributed by atoms with Crippen molar-refractivity contribution in [3.05, 3.63) is 5.02 Å². The molecule has 7 heteroatoms. The monoisotopic (exact) mass is 199 g/mol. The Kier molecular flexibility index (Phi) is 2.56. The van der Waals surface area contributed by atoms with E-state index in [1.165, 1.54) is 0 Å². The van der Waals surface area contributed by atoms with Gasteiger partial charge in [-0.2, -0.15) is 13.9 Å². The number of halogens is 3. The third-order valence-corrected chi connectivity index (χ3v) is 2.09. The Morgan fingerprint density at radius 1 is 1.64 bits per heavy atom. The number of alkyl halides is 2. The van der Waals surface area contributed by atoms with Crippen LogP contribution in [0.2, 0.25) is 5.02 Å². The maximum atomic E-state index is 11.7. The molecule has 11 heavy (non-hydrogen) atoms. The van der Waals surface area contributed by atoms with Crippen molar-refractivity contribution in [3.63, 3.8) is 0 Å². The Hall–Kier alpha value is -0.490. The summed E-state index contributed by atoms with van der Waals surface area (Å²) in [5, 5.41) is 5.82. The zero-order valence-electron chi connectivity index (χ0n) is 5.14. The molecule has 0 saturated heterocycles. The molecule has 0 atom stereocenters. The molecule has 3 N–H and O–H groups in total. The molecule has 0 aliphatic rings. The lowest BCUT2D eigenvalue weighted by Crippen LogP contribution is -1.83. The fraction of sp³-hybridized carbons (Fsp3) is 0.250. The lowest BCUT2D eigenvalue weighted by atomic mass is 10.7. The molecule has 1 aromatic heterocycles. The van der Waals surface area contributed by atoms with Gasteiger partial charge in [-0.05, 0) is 11.8 Å². The smallest absolute Gasteiger partial charge is 0.290 e. The van der Waals surface area contributed by atoms with Gasteiger partial charge in [-0.15, -0.1) is 0 Å². The van der Waals surface area contributed by atoms with Crippen molar-refractivity contribution in [1.29, 1.82) is 0 Å². The number of nitrogen functional groups attached to an aromatic ring is 1. The maximum Gasteiger partial charge on any atom is 0.290 e. The topological polar surface area (TPSA) is 54.7 Å². The zero-order chi connectivity index (χ0) is 8.43. The van der Waals surface area contributed by atoms with Crippen molar-refractivity contribution in [2.45, 2.75) is 10.8 Å². The molecular weight excluding hydrogens is 196 g/mol. The van der Waals surface area contributed by atoms with Crippen LogP contribution in [-0.4, -0.2) is 16.0 Å². The van der Waals surface area contributed by atoms with E-state index in [4.69, 9.17) is 17.3 Å². The van der Waals surface area contributed by atoms with Crippen molar-refractivity contribution in [1.82, 2.24) is 10.2 Å². The molecule has 1 heterocycles. The summed E-state index contributed by atoms with van der Waals surface area (Å²) in [6.07, 6.45) is 0. The van der Waals surface area contributed by atoms with E-state index in [1.54, 1.807) is 0 Å². The Morgan fingerprint density at radius 2 is 2.27 bits per heavy atom. The second-order valence-corrected chi connectivity index (χ2v) is 2.99. The predicted molar refractivity (Wildman–Crippen MR) is 39.9 cm³/mol. The summed E-state index contributed by atoms with van der Waals surface area (Å²) in [5.41, 5.74) is 5.21. The van der Waals surface area contributed by atoms with E-state index in [0.717, 1.165) is 0 Å². The van der Waals surface area contributed by atoms with Gasteiger partial charge in [0.2, 0.25) is 0 Å². The standard InChI is InChI=1S/C4H4ClF2N3S/c5-1-2(8)9-10-3(1)11-4(6)7/h4H,(H3,8,9,10). The van der Waals surface area contributed by atoms with Crippen LogP contribution in [-0.2, 0) is 0 Å². The molecule has 1 aromatic rings. The van der Waals surface area contributed by atoms with Gasteiger partial charge in [0.1, 0.15) is 15.9 Å². The van der Waals surface area contributed by atoms with E-state index in [0.29, 0.717) is 0 Å². The minimum absolute atomic E-state index is 0.0270. The molecule has 0 aromatic carbocycles. The summed E-state index contributed by atoms with van der Waals surface area (Å²) in [6.45, 7) is 0. The molecule has 0 aliphatic carbocycles. The molecule has 0 fully saturated rings. The molecule has 1 rings (SSSR count). The van der Waals surface area contributed by atoms with E-state index in [9.17, 15) is 8.78 Å². The first kappa shape index (κ1) is 8.61. The Balaban J connectivity index is 2.79. The minimum atomic E-state index is -2.53. The molecule has 3 nitrogen and oxygen atoms in total. The molecular formula is C4H4ClF2N3S. The van der Waals surface area contributed by atoms with E-state index in [-0.39, 0.29) is 27.6 Å². The number of H-pyrrole nitrogens is 1. The molecule has 0 saturated carbocycles. The predicted octanol–water partition coefficient (Wildman–Crippen LogP) is 1.96. The van der Waals surface area contributed by atoms with Crippen molar-refractivity contribution >= 4 is 29.2 Å². The van der Waals surface area contributed by atoms with Crippen LogP contribution in [0.15, 0.2) is 5.03 Å². The summed E-state index contributed by atoms with van der Waals surface area (Å²) in [4.78, 5) is 0. The van der Waals surface area contributed by atoms with Crippen LogP contribution in [0.3, 0.4) is 0 Å². The molecule has 0 spiro atoms. The number of rotatable bonds is 2. The summed E-state index contributed by atoms with van der Waals surface area (Å²) < 4.78 is 23.4. The average molecular weight is 200 g/mol. The normalized spacial score (nSPS) is 10.9. The molecule has 0 unspecified atom stereocenters. The van der Waals surface area contributed by atoms with Crippen molar-refractivity contribution < 1.29 is 8.78 Å². The van der Waals surface area contributed by atoms with Gasteiger partial charge in [-0.1, -0.05) is 11.6 Å². The maximum absolute atomic E-state index is 11.7. The van der Waals surface area contributed by atoms with Crippen molar-refractivity contribution in [3.8, 4) is 0 Å². The van der Waals surface area contributed by atoms with Gasteiger partial charge in [-0.3, -0.25) is 5.10 Å². The first-order valence-corrected chi connectivity index (χ1v) is 3.81. The number of nitrogens with zero attached hydrogens (tertiary/aromatic N) is 1. The largest absolute Gasteiger partial charge is 0.383 e. The highest BCUT2D eigenvalue weighted by Crippen LogP contribution is 2.32. The van der Waals surface area contributed by atoms with Gasteiger partial charge in [0.25, 0.3) is 5.76 Å². The van der Waals surface area contributed by atoms with Crippen LogP contribution < -0.4 is 5.73 Å². The summed E-state index contributed by atoms with van der Waals surface area (Å²) >= 11 is 5.74. The van der Waals surface area contributed by atoms with Crippen molar-refractivity contribution in [2.75, 3.05) is 5.73 Å². The minimum Gasteiger partial charge on any atom is -0.383 e. The second-order valence-electron chi connectivity index (χ2n) is 1.63. The third-order valence-electron chi connectivity index (χ3n) is 0.903. The molecule has 0 aliphatic heterocycles. The number of thioether (sulfide) groups is 1. The highest BCUT2D eigenvalue weighted by atomic mass is 35.5. The first-order valence-electron chi connectivity index (χ1n) is 2.55. The van der Waals surface area contributed by atoms with E-state index < -0.39 is 5.76 Å². The van der Waals surface area contributed by atoms with Gasteiger partial charge in [0.15, 0.2) is 0 Å². The second kappa shape index (κ2) is 3.27. The lowest BCUT2D eigenvalue weighted by molar-refractivity contribution is 0.252. The summed E-state index contributed by atoms with van der Waals surface area (Å²) in [7, 11) is 0. The fourth-order valence-corrected chi connectivity index (χ4v) is 1.19. The van der Waals surface area contributed by atoms with Crippen LogP contribution in [0, 0.1) is 0 Å². The van der Waals surface area contributed by atoms with Gasteiger partial charge in [0.05, 0.1) is 0 Å². The average Bonchev–Trinajstić information content (AvgIpc) is 2.18. The zero-order valence-corrected chi connectivity index (χ0v) is 6.72. The Bertz CT molecular complexity index is 251. The van der Waals surface area contributed by atoms with Crippen LogP contribution in [0.4, 0.5) is 14.6 Å². The number of aromatic amines is 1. The van der Waals surface area contributed by atoms with Crippen LogP contribution in [0.5, 0.6) is 0 Å². The number of hydrogen-bond acceptors (Lipinski definition) is 3. The van der Waals surface area contributed by atoms with Crippen LogP contribution in [0.25, 0.3) is 0 Å². The van der Waals surface area contributed by atoms with E-state index in [1.807, 2.05) is 0 Å². The Labute approximate surface area is 70.3 Å². The summed E-state index contributed by atoms with van der Waals surface area (Å²) in [6, 6.07) is 0. The number of nitrogens with one attached hydrogen (secondary N) is 1. The Morgan fingerprint density at radius 3 is 2.64 bits per heavy atom. The molecule has 0 amide bonds. The number of hydrogen-bond donors (Lipinski definition) is 2. The van der Waals surface area contributed by atoms with Gasteiger partial charge in [0, 0.05) is 0 Å². The highest BCUT2D eigenvalue weighted by molar-refractivity contribution is 7.99. The van der Waals surface area contributed by atoms with Crippen LogP contribution >= 0.6 is 23.4 Å². The lowest BCUT2D eigenvalue weighted by Gasteiger charge is -1.93. The third kappa shape index (κ3) is 1.97. The van der Waals surface area contributed by atoms with Gasteiger partial charge < -0.3 is 5.73 Å².